The number of hydrogen-bond acceptors (Lipinski definition) is 3. The van der Waals surface area contributed by atoms with Crippen molar-refractivity contribution in [1.82, 2.24) is 0 Å². The van der Waals surface area contributed by atoms with Gasteiger partial charge in [-0.1, -0.05) is 6.07 Å². The molecular formula is C15H17FN2O. The fourth-order valence-electron chi connectivity index (χ4n) is 1.73. The maximum absolute atomic E-state index is 12.8. The van der Waals surface area contributed by atoms with Crippen molar-refractivity contribution in [2.45, 2.75) is 0 Å². The van der Waals surface area contributed by atoms with E-state index < -0.39 is 0 Å². The van der Waals surface area contributed by atoms with E-state index in [0.717, 1.165) is 11.4 Å². The molecule has 0 spiro atoms. The Labute approximate surface area is 112 Å². The maximum atomic E-state index is 12.8. The van der Waals surface area contributed by atoms with Gasteiger partial charge >= 0.3 is 0 Å². The van der Waals surface area contributed by atoms with Crippen LogP contribution in [0.4, 0.5) is 15.8 Å². The molecule has 100 valence electrons. The Morgan fingerprint density at radius 1 is 1.16 bits per heavy atom. The zero-order chi connectivity index (χ0) is 13.7. The lowest BCUT2D eigenvalue weighted by Gasteiger charge is -2.19. The van der Waals surface area contributed by atoms with Crippen LogP contribution in [-0.4, -0.2) is 20.2 Å². The number of halogens is 1. The van der Waals surface area contributed by atoms with Gasteiger partial charge < -0.3 is 15.4 Å². The Hall–Kier alpha value is -2.23. The Morgan fingerprint density at radius 3 is 2.58 bits per heavy atom. The smallest absolute Gasteiger partial charge is 0.123 e. The van der Waals surface area contributed by atoms with Crippen molar-refractivity contribution >= 4 is 11.4 Å². The number of likely N-dealkylation sites (N-methyl/N-ethyl adjacent to an activating group) is 1. The summed E-state index contributed by atoms with van der Waals surface area (Å²) >= 11 is 0. The van der Waals surface area contributed by atoms with Crippen LogP contribution in [0.5, 0.6) is 5.75 Å². The minimum atomic E-state index is -0.229. The van der Waals surface area contributed by atoms with E-state index in [4.69, 9.17) is 10.5 Å². The number of benzene rings is 2. The average molecular weight is 260 g/mol. The van der Waals surface area contributed by atoms with Crippen molar-refractivity contribution in [3.8, 4) is 5.75 Å². The number of rotatable bonds is 5. The van der Waals surface area contributed by atoms with Crippen LogP contribution in [0.15, 0.2) is 48.5 Å². The first-order valence-electron chi connectivity index (χ1n) is 6.10. The molecule has 2 aromatic carbocycles. The summed E-state index contributed by atoms with van der Waals surface area (Å²) in [4.78, 5) is 2.01. The van der Waals surface area contributed by atoms with E-state index in [2.05, 4.69) is 0 Å². The first kappa shape index (κ1) is 13.2. The predicted molar refractivity (Wildman–Crippen MR) is 76.0 cm³/mol. The molecule has 0 aliphatic heterocycles. The largest absolute Gasteiger partial charge is 0.492 e. The molecule has 2 N–H and O–H groups in total. The molecular weight excluding hydrogens is 243 g/mol. The van der Waals surface area contributed by atoms with Crippen LogP contribution in [0.1, 0.15) is 0 Å². The Bertz CT molecular complexity index is 528. The van der Waals surface area contributed by atoms with E-state index in [0.29, 0.717) is 18.8 Å². The molecule has 3 nitrogen and oxygen atoms in total. The van der Waals surface area contributed by atoms with E-state index in [1.165, 1.54) is 12.1 Å². The highest BCUT2D eigenvalue weighted by atomic mass is 19.1. The SMILES string of the molecule is CN(CCOc1cccc(N)c1)c1ccc(F)cc1. The number of nitrogens with zero attached hydrogens (tertiary/aromatic N) is 1. The summed E-state index contributed by atoms with van der Waals surface area (Å²) in [5, 5.41) is 0. The molecule has 0 amide bonds. The van der Waals surface area contributed by atoms with Crippen LogP contribution < -0.4 is 15.4 Å². The Kier molecular flexibility index (Phi) is 4.23. The van der Waals surface area contributed by atoms with Gasteiger partial charge in [-0.3, -0.25) is 0 Å². The van der Waals surface area contributed by atoms with Gasteiger partial charge in [0.25, 0.3) is 0 Å². The van der Waals surface area contributed by atoms with Crippen LogP contribution >= 0.6 is 0 Å². The third kappa shape index (κ3) is 3.88. The second-order valence-corrected chi connectivity index (χ2v) is 4.32. The van der Waals surface area contributed by atoms with Crippen molar-refractivity contribution in [3.05, 3.63) is 54.3 Å². The van der Waals surface area contributed by atoms with Crippen molar-refractivity contribution < 1.29 is 9.13 Å². The lowest BCUT2D eigenvalue weighted by atomic mass is 10.3. The Morgan fingerprint density at radius 2 is 1.89 bits per heavy atom. The fourth-order valence-corrected chi connectivity index (χ4v) is 1.73. The number of nitrogen functional groups attached to an aromatic ring is 1. The number of anilines is 2. The van der Waals surface area contributed by atoms with Gasteiger partial charge in [0.15, 0.2) is 0 Å². The molecule has 0 aliphatic carbocycles. The van der Waals surface area contributed by atoms with Crippen molar-refractivity contribution in [2.24, 2.45) is 0 Å². The minimum Gasteiger partial charge on any atom is -0.492 e. The van der Waals surface area contributed by atoms with E-state index in [1.807, 2.05) is 30.1 Å². The second kappa shape index (κ2) is 6.09. The van der Waals surface area contributed by atoms with Crippen LogP contribution in [0, 0.1) is 5.82 Å². The number of ether oxygens (including phenoxy) is 1. The topological polar surface area (TPSA) is 38.5 Å². The van der Waals surface area contributed by atoms with Crippen molar-refractivity contribution in [1.29, 1.82) is 0 Å². The molecule has 0 aliphatic rings. The van der Waals surface area contributed by atoms with Crippen LogP contribution in [0.25, 0.3) is 0 Å². The second-order valence-electron chi connectivity index (χ2n) is 4.32. The van der Waals surface area contributed by atoms with Crippen molar-refractivity contribution in [3.63, 3.8) is 0 Å². The van der Waals surface area contributed by atoms with Gasteiger partial charge in [0.05, 0.1) is 6.54 Å². The van der Waals surface area contributed by atoms with Gasteiger partial charge in [-0.2, -0.15) is 0 Å². The molecule has 19 heavy (non-hydrogen) atoms. The lowest BCUT2D eigenvalue weighted by Crippen LogP contribution is -2.23. The van der Waals surface area contributed by atoms with E-state index in [-0.39, 0.29) is 5.82 Å². The van der Waals surface area contributed by atoms with E-state index in [9.17, 15) is 4.39 Å². The molecule has 2 rings (SSSR count). The van der Waals surface area contributed by atoms with Crippen molar-refractivity contribution in [2.75, 3.05) is 30.8 Å². The summed E-state index contributed by atoms with van der Waals surface area (Å²) < 4.78 is 18.4. The molecule has 0 bridgehead atoms. The molecule has 0 fully saturated rings. The zero-order valence-corrected chi connectivity index (χ0v) is 10.8. The van der Waals surface area contributed by atoms with E-state index >= 15 is 0 Å². The summed E-state index contributed by atoms with van der Waals surface area (Å²) in [6.07, 6.45) is 0. The van der Waals surface area contributed by atoms with Gasteiger partial charge in [-0.05, 0) is 36.4 Å². The highest BCUT2D eigenvalue weighted by Crippen LogP contribution is 2.15. The average Bonchev–Trinajstić information content (AvgIpc) is 2.39. The highest BCUT2D eigenvalue weighted by molar-refractivity contribution is 5.45. The van der Waals surface area contributed by atoms with Crippen LogP contribution in [0.2, 0.25) is 0 Å². The molecule has 0 heterocycles. The third-order valence-corrected chi connectivity index (χ3v) is 2.82. The summed E-state index contributed by atoms with van der Waals surface area (Å²) in [6, 6.07) is 13.7. The summed E-state index contributed by atoms with van der Waals surface area (Å²) in [6.45, 7) is 1.25. The van der Waals surface area contributed by atoms with E-state index in [1.54, 1.807) is 18.2 Å². The molecule has 0 unspecified atom stereocenters. The van der Waals surface area contributed by atoms with Gasteiger partial charge in [0, 0.05) is 24.5 Å². The molecule has 4 heteroatoms. The fraction of sp³-hybridized carbons (Fsp3) is 0.200. The zero-order valence-electron chi connectivity index (χ0n) is 10.8. The normalized spacial score (nSPS) is 10.2. The van der Waals surface area contributed by atoms with Crippen LogP contribution in [-0.2, 0) is 0 Å². The lowest BCUT2D eigenvalue weighted by molar-refractivity contribution is 0.326. The van der Waals surface area contributed by atoms with Gasteiger partial charge in [0.2, 0.25) is 0 Å². The molecule has 0 saturated heterocycles. The highest BCUT2D eigenvalue weighted by Gasteiger charge is 2.01. The maximum Gasteiger partial charge on any atom is 0.123 e. The number of hydrogen-bond donors (Lipinski definition) is 1. The first-order valence-corrected chi connectivity index (χ1v) is 6.10. The quantitative estimate of drug-likeness (QED) is 0.840. The molecule has 0 aromatic heterocycles. The van der Waals surface area contributed by atoms with Gasteiger partial charge in [0.1, 0.15) is 18.2 Å². The predicted octanol–water partition coefficient (Wildman–Crippen LogP) is 2.92. The molecule has 0 atom stereocenters. The molecule has 0 saturated carbocycles. The standard InChI is InChI=1S/C15H17FN2O/c1-18(14-7-5-12(16)6-8-14)9-10-19-15-4-2-3-13(17)11-15/h2-8,11H,9-10,17H2,1H3. The summed E-state index contributed by atoms with van der Waals surface area (Å²) in [7, 11) is 1.94. The van der Waals surface area contributed by atoms with Crippen LogP contribution in [0.3, 0.4) is 0 Å². The van der Waals surface area contributed by atoms with Gasteiger partial charge in [-0.15, -0.1) is 0 Å². The van der Waals surface area contributed by atoms with Gasteiger partial charge in [-0.25, -0.2) is 4.39 Å². The first-order chi connectivity index (χ1) is 9.15. The summed E-state index contributed by atoms with van der Waals surface area (Å²) in [5.41, 5.74) is 7.31. The Balaban J connectivity index is 1.84. The molecule has 0 radical (unpaired) electrons. The summed E-state index contributed by atoms with van der Waals surface area (Å²) in [5.74, 6) is 0.528. The minimum absolute atomic E-state index is 0.229. The third-order valence-electron chi connectivity index (χ3n) is 2.82. The number of nitrogens with two attached hydrogens (primary N) is 1. The molecule has 2 aromatic rings. The monoisotopic (exact) mass is 260 g/mol.